The lowest BCUT2D eigenvalue weighted by Crippen LogP contribution is -2.11. The number of phenols is 4. The lowest BCUT2D eigenvalue weighted by atomic mass is 9.83. The summed E-state index contributed by atoms with van der Waals surface area (Å²) in [6.45, 7) is 4.15. The maximum absolute atomic E-state index is 11.2. The highest BCUT2D eigenvalue weighted by Gasteiger charge is 2.26. The Morgan fingerprint density at radius 2 is 1.07 bits per heavy atom. The van der Waals surface area contributed by atoms with E-state index in [0.29, 0.717) is 35.4 Å². The Morgan fingerprint density at radius 1 is 0.644 bits per heavy atom. The van der Waals surface area contributed by atoms with Crippen molar-refractivity contribution in [1.29, 1.82) is 0 Å². The second-order valence-electron chi connectivity index (χ2n) is 13.4. The molecule has 9 heteroatoms. The number of benzene rings is 2. The van der Waals surface area contributed by atoms with E-state index in [0.717, 1.165) is 89.0 Å². The standard InChI is InChI=1S/C36H52Cl4O5/c1-22-9-3-5-11-26(14-8-16-33(39)40)35-30(43)20-27(21-31(35)44)36(45)23(2)10-4-6-12-25(13-7-15-32(37)38)34-28(41)18-24(17-22)19-29(34)42/h18-23,25-26,32-33,36,41-45H,3-17H2,1-2H3. The monoisotopic (exact) mass is 704 g/mol. The van der Waals surface area contributed by atoms with Gasteiger partial charge in [-0.05, 0) is 110 Å². The van der Waals surface area contributed by atoms with Gasteiger partial charge in [-0.3, -0.25) is 0 Å². The fourth-order valence-electron chi connectivity index (χ4n) is 7.08. The van der Waals surface area contributed by atoms with Crippen LogP contribution in [-0.2, 0) is 6.42 Å². The van der Waals surface area contributed by atoms with Crippen LogP contribution in [0.15, 0.2) is 24.3 Å². The molecule has 0 spiro atoms. The number of aromatic hydroxyl groups is 4. The Morgan fingerprint density at radius 3 is 1.53 bits per heavy atom. The van der Waals surface area contributed by atoms with E-state index >= 15 is 0 Å². The van der Waals surface area contributed by atoms with E-state index in [-0.39, 0.29) is 40.8 Å². The number of aliphatic hydroxyl groups is 1. The maximum atomic E-state index is 11.2. The fourth-order valence-corrected chi connectivity index (χ4v) is 7.70. The molecule has 0 fully saturated rings. The van der Waals surface area contributed by atoms with Crippen LogP contribution in [0.2, 0.25) is 0 Å². The molecule has 5 atom stereocenters. The topological polar surface area (TPSA) is 101 Å². The summed E-state index contributed by atoms with van der Waals surface area (Å²) in [7, 11) is 0. The van der Waals surface area contributed by atoms with E-state index in [1.54, 1.807) is 24.3 Å². The number of alkyl halides is 4. The zero-order valence-corrected chi connectivity index (χ0v) is 29.7. The van der Waals surface area contributed by atoms with Crippen LogP contribution in [0.1, 0.15) is 144 Å². The van der Waals surface area contributed by atoms with Gasteiger partial charge in [-0.25, -0.2) is 0 Å². The summed E-state index contributed by atoms with van der Waals surface area (Å²) in [6.07, 6.45) is 11.0. The van der Waals surface area contributed by atoms with E-state index in [1.165, 1.54) is 0 Å². The summed E-state index contributed by atoms with van der Waals surface area (Å²) in [5.74, 6) is 0.439. The van der Waals surface area contributed by atoms with Gasteiger partial charge in [0.15, 0.2) is 0 Å². The van der Waals surface area contributed by atoms with E-state index in [2.05, 4.69) is 6.92 Å². The van der Waals surface area contributed by atoms with Gasteiger partial charge < -0.3 is 25.5 Å². The highest BCUT2D eigenvalue weighted by Crippen LogP contribution is 2.44. The lowest BCUT2D eigenvalue weighted by molar-refractivity contribution is 0.110. The molecule has 4 aliphatic carbocycles. The minimum Gasteiger partial charge on any atom is -0.508 e. The van der Waals surface area contributed by atoms with Crippen LogP contribution in [-0.4, -0.2) is 35.2 Å². The second kappa shape index (κ2) is 18.9. The minimum atomic E-state index is -0.845. The van der Waals surface area contributed by atoms with Crippen molar-refractivity contribution in [2.24, 2.45) is 11.8 Å². The fraction of sp³-hybridized carbons (Fsp3) is 0.667. The van der Waals surface area contributed by atoms with Gasteiger partial charge in [-0.2, -0.15) is 0 Å². The molecule has 45 heavy (non-hydrogen) atoms. The predicted molar refractivity (Wildman–Crippen MR) is 188 cm³/mol. The quantitative estimate of drug-likeness (QED) is 0.176. The molecule has 5 unspecified atom stereocenters. The van der Waals surface area contributed by atoms with E-state index in [9.17, 15) is 25.5 Å². The zero-order valence-electron chi connectivity index (χ0n) is 26.7. The molecule has 0 aliphatic heterocycles. The van der Waals surface area contributed by atoms with Gasteiger partial charge in [0.1, 0.15) is 32.7 Å². The molecule has 0 saturated heterocycles. The average Bonchev–Trinajstić information content (AvgIpc) is 2.94. The number of halogens is 4. The van der Waals surface area contributed by atoms with Crippen molar-refractivity contribution in [3.05, 3.63) is 46.5 Å². The Balaban J connectivity index is 1.87. The van der Waals surface area contributed by atoms with Crippen molar-refractivity contribution in [1.82, 2.24) is 0 Å². The number of hydrogen-bond donors (Lipinski definition) is 5. The Hall–Kier alpha value is -1.24. The largest absolute Gasteiger partial charge is 0.508 e. The van der Waals surface area contributed by atoms with Crippen molar-refractivity contribution in [2.75, 3.05) is 0 Å². The Kier molecular flexibility index (Phi) is 16.1. The first kappa shape index (κ1) is 38.2. The molecule has 0 amide bonds. The first-order valence-corrected chi connectivity index (χ1v) is 18.5. The predicted octanol–water partition coefficient (Wildman–Crippen LogP) is 11.3. The molecule has 254 valence electrons. The molecular formula is C36H52Cl4O5. The third kappa shape index (κ3) is 12.1. The summed E-state index contributed by atoms with van der Waals surface area (Å²) < 4.78 is 0. The normalized spacial score (nSPS) is 24.2. The Labute approximate surface area is 289 Å². The SMILES string of the molecule is CC1CCCCC(CCCC(Cl)Cl)c2c(O)cc(cc2O)C(O)C(C)CCCCC(CCCC(Cl)Cl)c2c(O)cc(cc2O)C1. The molecule has 5 N–H and O–H groups in total. The van der Waals surface area contributed by atoms with E-state index < -0.39 is 15.8 Å². The van der Waals surface area contributed by atoms with Crippen LogP contribution in [0, 0.1) is 11.8 Å². The molecule has 2 aromatic carbocycles. The number of rotatable bonds is 8. The lowest BCUT2D eigenvalue weighted by Gasteiger charge is -2.25. The molecule has 0 radical (unpaired) electrons. The number of hydrogen-bond acceptors (Lipinski definition) is 5. The molecule has 2 aromatic rings. The molecule has 4 bridgehead atoms. The molecule has 0 saturated carbocycles. The van der Waals surface area contributed by atoms with Crippen molar-refractivity contribution in [3.63, 3.8) is 0 Å². The summed E-state index contributed by atoms with van der Waals surface area (Å²) in [4.78, 5) is -0.908. The van der Waals surface area contributed by atoms with Gasteiger partial charge in [-0.1, -0.05) is 58.8 Å². The smallest absolute Gasteiger partial charge is 0.123 e. The van der Waals surface area contributed by atoms with Crippen LogP contribution in [0.4, 0.5) is 0 Å². The first-order chi connectivity index (χ1) is 21.4. The summed E-state index contributed by atoms with van der Waals surface area (Å²) in [6, 6.07) is 6.82. The van der Waals surface area contributed by atoms with Gasteiger partial charge in [-0.15, -0.1) is 46.4 Å². The average molecular weight is 707 g/mol. The molecule has 6 rings (SSSR count). The Bertz CT molecular complexity index is 1140. The van der Waals surface area contributed by atoms with Gasteiger partial charge in [0.2, 0.25) is 0 Å². The van der Waals surface area contributed by atoms with Crippen molar-refractivity contribution < 1.29 is 25.5 Å². The van der Waals surface area contributed by atoms with Crippen molar-refractivity contribution in [2.45, 2.75) is 138 Å². The van der Waals surface area contributed by atoms with E-state index in [1.807, 2.05) is 6.92 Å². The van der Waals surface area contributed by atoms with Gasteiger partial charge in [0.05, 0.1) is 6.10 Å². The molecule has 0 heterocycles. The van der Waals surface area contributed by atoms with Gasteiger partial charge in [0, 0.05) is 11.1 Å². The van der Waals surface area contributed by atoms with E-state index in [4.69, 9.17) is 46.4 Å². The second-order valence-corrected chi connectivity index (χ2v) is 15.9. The van der Waals surface area contributed by atoms with Crippen LogP contribution in [0.3, 0.4) is 0 Å². The van der Waals surface area contributed by atoms with Gasteiger partial charge in [0.25, 0.3) is 0 Å². The highest BCUT2D eigenvalue weighted by molar-refractivity contribution is 6.44. The summed E-state index contributed by atoms with van der Waals surface area (Å²) in [5.41, 5.74) is 2.54. The highest BCUT2D eigenvalue weighted by atomic mass is 35.5. The molecular weight excluding hydrogens is 654 g/mol. The third-order valence-corrected chi connectivity index (χ3v) is 10.4. The molecule has 4 aliphatic rings. The van der Waals surface area contributed by atoms with Crippen LogP contribution >= 0.6 is 46.4 Å². The van der Waals surface area contributed by atoms with Crippen LogP contribution in [0.5, 0.6) is 23.0 Å². The molecule has 0 aromatic heterocycles. The maximum Gasteiger partial charge on any atom is 0.123 e. The third-order valence-electron chi connectivity index (χ3n) is 9.55. The zero-order chi connectivity index (χ0) is 33.1. The summed E-state index contributed by atoms with van der Waals surface area (Å²) >= 11 is 24.0. The summed E-state index contributed by atoms with van der Waals surface area (Å²) in [5, 5.41) is 55.6. The molecule has 5 nitrogen and oxygen atoms in total. The van der Waals surface area contributed by atoms with Gasteiger partial charge >= 0.3 is 0 Å². The van der Waals surface area contributed by atoms with Crippen molar-refractivity contribution >= 4 is 46.4 Å². The van der Waals surface area contributed by atoms with Crippen molar-refractivity contribution in [3.8, 4) is 23.0 Å². The minimum absolute atomic E-state index is 0.0201. The number of phenolic OH excluding ortho intramolecular Hbond substituents is 4. The van der Waals surface area contributed by atoms with Crippen LogP contribution < -0.4 is 0 Å². The number of aliphatic hydroxyl groups excluding tert-OH is 1. The van der Waals surface area contributed by atoms with Crippen LogP contribution in [0.25, 0.3) is 0 Å². The first-order valence-electron chi connectivity index (χ1n) is 16.7.